The molecule has 15 heteroatoms. The van der Waals surface area contributed by atoms with E-state index < -0.39 is 23.7 Å². The molecule has 6 rings (SSSR count). The first kappa shape index (κ1) is 40.0. The predicted molar refractivity (Wildman–Crippen MR) is 208 cm³/mol. The van der Waals surface area contributed by atoms with Crippen molar-refractivity contribution in [1.82, 2.24) is 4.90 Å². The molecule has 3 aromatic carbocycles. The molecule has 2 atom stereocenters. The Kier molecular flexibility index (Phi) is 12.1. The molecule has 0 aromatic heterocycles. The topological polar surface area (TPSA) is 167 Å². The van der Waals surface area contributed by atoms with Gasteiger partial charge in [0.2, 0.25) is 5.91 Å². The lowest BCUT2D eigenvalue weighted by Crippen LogP contribution is -2.51. The van der Waals surface area contributed by atoms with Gasteiger partial charge in [0.1, 0.15) is 17.0 Å². The third-order valence-corrected chi connectivity index (χ3v) is 9.99. The Bertz CT molecular complexity index is 1980. The molecule has 15 nitrogen and oxygen atoms in total. The molecule has 2 aliphatic heterocycles. The van der Waals surface area contributed by atoms with Crippen LogP contribution in [0.25, 0.3) is 11.1 Å². The number of anilines is 3. The van der Waals surface area contributed by atoms with E-state index in [1.54, 1.807) is 56.7 Å². The van der Waals surface area contributed by atoms with E-state index in [2.05, 4.69) is 5.32 Å². The lowest BCUT2D eigenvalue weighted by Gasteiger charge is -2.41. The van der Waals surface area contributed by atoms with Crippen LogP contribution in [0.1, 0.15) is 64.9 Å². The van der Waals surface area contributed by atoms with Gasteiger partial charge in [0.15, 0.2) is 6.61 Å². The molecular weight excluding hydrogens is 722 g/mol. The summed E-state index contributed by atoms with van der Waals surface area (Å²) in [6, 6.07) is 17.7. The molecule has 56 heavy (non-hydrogen) atoms. The fourth-order valence-electron chi connectivity index (χ4n) is 7.28. The van der Waals surface area contributed by atoms with Gasteiger partial charge in [-0.3, -0.25) is 14.9 Å². The Balaban J connectivity index is 1.35. The van der Waals surface area contributed by atoms with E-state index in [0.717, 1.165) is 18.4 Å². The lowest BCUT2D eigenvalue weighted by atomic mass is 9.78. The van der Waals surface area contributed by atoms with Gasteiger partial charge in [0.25, 0.3) is 10.8 Å². The minimum atomic E-state index is -0.768. The smallest absolute Gasteiger partial charge is 0.411 e. The van der Waals surface area contributed by atoms with Crippen molar-refractivity contribution in [2.45, 2.75) is 70.9 Å². The minimum absolute atomic E-state index is 0.0553. The highest BCUT2D eigenvalue weighted by atomic mass is 16.6. The van der Waals surface area contributed by atoms with Gasteiger partial charge in [0.05, 0.1) is 23.1 Å². The Labute approximate surface area is 326 Å². The number of ether oxygens (including phenoxy) is 4. The van der Waals surface area contributed by atoms with Crippen molar-refractivity contribution in [3.63, 3.8) is 0 Å². The molecule has 1 aliphatic carbocycles. The lowest BCUT2D eigenvalue weighted by molar-refractivity contribution is -0.729. The van der Waals surface area contributed by atoms with Crippen LogP contribution in [0.2, 0.25) is 0 Å². The van der Waals surface area contributed by atoms with Crippen molar-refractivity contribution >= 4 is 46.8 Å². The minimum Gasteiger partial charge on any atom is -0.482 e. The van der Waals surface area contributed by atoms with E-state index in [1.807, 2.05) is 41.3 Å². The maximum atomic E-state index is 15.1. The number of hydrogen-bond donors (Lipinski definition) is 2. The van der Waals surface area contributed by atoms with E-state index in [4.69, 9.17) is 18.9 Å². The van der Waals surface area contributed by atoms with Gasteiger partial charge in [0, 0.05) is 51.1 Å². The van der Waals surface area contributed by atoms with Crippen LogP contribution in [0.15, 0.2) is 60.7 Å². The molecule has 0 spiro atoms. The zero-order chi connectivity index (χ0) is 40.1. The zero-order valence-corrected chi connectivity index (χ0v) is 32.5. The van der Waals surface area contributed by atoms with E-state index >= 15 is 4.79 Å². The molecular formula is C41H50N5O10+. The number of likely N-dealkylation sites (tertiary alicyclic amines) is 1. The average Bonchev–Trinajstić information content (AvgIpc) is 4.00. The van der Waals surface area contributed by atoms with Crippen LogP contribution in [0, 0.1) is 10.8 Å². The Morgan fingerprint density at radius 2 is 1.80 bits per heavy atom. The fraction of sp³-hybridized carbons (Fsp3) is 0.463. The van der Waals surface area contributed by atoms with Gasteiger partial charge in [-0.15, -0.1) is 0 Å². The van der Waals surface area contributed by atoms with Crippen molar-refractivity contribution in [2.24, 2.45) is 5.92 Å². The quantitative estimate of drug-likeness (QED) is 0.144. The molecule has 298 valence electrons. The number of nitrogens with one attached hydrogen (secondary N) is 1. The Morgan fingerprint density at radius 1 is 1.04 bits per heavy atom. The third-order valence-electron chi connectivity index (χ3n) is 9.99. The van der Waals surface area contributed by atoms with Crippen LogP contribution in [0.5, 0.6) is 5.75 Å². The summed E-state index contributed by atoms with van der Waals surface area (Å²) in [5.74, 6) is -0.737. The van der Waals surface area contributed by atoms with Gasteiger partial charge >= 0.3 is 17.9 Å². The number of fused-ring (bicyclic) bond motifs is 1. The van der Waals surface area contributed by atoms with Gasteiger partial charge < -0.3 is 33.6 Å². The Hall–Kier alpha value is -5.70. The molecule has 2 heterocycles. The number of carbonyl (C=O) groups excluding carboxylic acids is 4. The largest absolute Gasteiger partial charge is 0.482 e. The summed E-state index contributed by atoms with van der Waals surface area (Å²) >= 11 is 0. The summed E-state index contributed by atoms with van der Waals surface area (Å²) in [5.41, 5.74) is 2.54. The SMILES string of the molecule is CCOC(=O)Nc1ccc(-c2cccc([C@H]3CCN(C(=O)OC(C)(C)C)C[C@@H]3C(=O)N(c3ccc4c(c3)N(CCCOC)C(=O)CO4)C3CC3)c2)cc1[N+](=O)O. The number of piperidine rings is 1. The normalized spacial score (nSPS) is 18.1. The summed E-state index contributed by atoms with van der Waals surface area (Å²) in [6.07, 6.45) is 1.46. The van der Waals surface area contributed by atoms with Gasteiger partial charge in [-0.05, 0) is 100 Å². The van der Waals surface area contributed by atoms with Crippen molar-refractivity contribution in [1.29, 1.82) is 0 Å². The van der Waals surface area contributed by atoms with E-state index in [9.17, 15) is 24.5 Å². The predicted octanol–water partition coefficient (Wildman–Crippen LogP) is 7.02. The molecule has 0 bridgehead atoms. The van der Waals surface area contributed by atoms with Crippen LogP contribution in [-0.2, 0) is 23.8 Å². The molecule has 4 amide bonds. The standard InChI is InChI=1S/C41H49N5O10/c1-6-54-39(49)42-33-15-11-27(22-34(33)46(51)52)26-9-7-10-28(21-26)31-17-19-43(40(50)56-41(2,3)4)24-32(31)38(48)45(29-12-13-29)30-14-16-36-35(23-30)44(18-8-20-53-5)37(47)25-55-36/h7,9-11,14-16,21-23,29,31-32H,6,8,12-13,17-20,24-25H2,1-5H3,(H-,42,49,51,52)/p+1/t31-,32+/m1/s1. The second-order valence-corrected chi connectivity index (χ2v) is 15.2. The number of carbonyl (C=O) groups is 4. The summed E-state index contributed by atoms with van der Waals surface area (Å²) in [5, 5.41) is 12.4. The highest BCUT2D eigenvalue weighted by Gasteiger charge is 2.44. The maximum absolute atomic E-state index is 15.1. The first-order valence-electron chi connectivity index (χ1n) is 19.0. The third kappa shape index (κ3) is 9.21. The summed E-state index contributed by atoms with van der Waals surface area (Å²) in [4.78, 5) is 70.6. The monoisotopic (exact) mass is 772 g/mol. The molecule has 3 aromatic rings. The van der Waals surface area contributed by atoms with Crippen molar-refractivity contribution in [3.05, 3.63) is 71.1 Å². The molecule has 1 saturated carbocycles. The Morgan fingerprint density at radius 3 is 2.50 bits per heavy atom. The number of amides is 4. The second-order valence-electron chi connectivity index (χ2n) is 15.2. The molecule has 0 radical (unpaired) electrons. The van der Waals surface area contributed by atoms with Crippen LogP contribution in [0.3, 0.4) is 0 Å². The second kappa shape index (κ2) is 17.0. The number of methoxy groups -OCH3 is 1. The van der Waals surface area contributed by atoms with Gasteiger partial charge in [-0.2, -0.15) is 0 Å². The first-order valence-corrected chi connectivity index (χ1v) is 19.0. The fourth-order valence-corrected chi connectivity index (χ4v) is 7.28. The number of hydrogen-bond acceptors (Lipinski definition) is 9. The summed E-state index contributed by atoms with van der Waals surface area (Å²) < 4.78 is 21.7. The number of rotatable bonds is 12. The van der Waals surface area contributed by atoms with Crippen LogP contribution in [-0.4, -0.2) is 97.2 Å². The van der Waals surface area contributed by atoms with Crippen molar-refractivity contribution in [3.8, 4) is 16.9 Å². The van der Waals surface area contributed by atoms with E-state index in [1.165, 1.54) is 12.1 Å². The average molecular weight is 773 g/mol. The molecule has 1 saturated heterocycles. The highest BCUT2D eigenvalue weighted by molar-refractivity contribution is 6.01. The van der Waals surface area contributed by atoms with Gasteiger partial charge in [-0.1, -0.05) is 30.3 Å². The molecule has 2 fully saturated rings. The van der Waals surface area contributed by atoms with Crippen LogP contribution >= 0.6 is 0 Å². The van der Waals surface area contributed by atoms with Crippen LogP contribution < -0.4 is 19.9 Å². The van der Waals surface area contributed by atoms with Crippen molar-refractivity contribution in [2.75, 3.05) is 61.7 Å². The summed E-state index contributed by atoms with van der Waals surface area (Å²) in [7, 11) is 1.62. The number of nitrogens with zero attached hydrogens (tertiary/aromatic N) is 4. The maximum Gasteiger partial charge on any atom is 0.411 e. The first-order chi connectivity index (χ1) is 26.8. The van der Waals surface area contributed by atoms with Crippen molar-refractivity contribution < 1.29 is 48.3 Å². The molecule has 2 N–H and O–H groups in total. The van der Waals surface area contributed by atoms with Crippen LogP contribution in [0.4, 0.5) is 32.3 Å². The van der Waals surface area contributed by atoms with E-state index in [0.29, 0.717) is 60.8 Å². The number of benzene rings is 3. The highest BCUT2D eigenvalue weighted by Crippen LogP contribution is 2.43. The van der Waals surface area contributed by atoms with Gasteiger partial charge in [-0.25, -0.2) is 14.8 Å². The molecule has 3 aliphatic rings. The van der Waals surface area contributed by atoms with E-state index in [-0.39, 0.29) is 59.8 Å². The summed E-state index contributed by atoms with van der Waals surface area (Å²) in [6.45, 7) is 8.52. The zero-order valence-electron chi connectivity index (χ0n) is 32.5. The molecule has 0 unspecified atom stereocenters.